The quantitative estimate of drug-likeness (QED) is 0.746. The highest BCUT2D eigenvalue weighted by Gasteiger charge is 2.46. The van der Waals surface area contributed by atoms with Gasteiger partial charge in [-0.1, -0.05) is 30.3 Å². The Kier molecular flexibility index (Phi) is 4.77. The van der Waals surface area contributed by atoms with Gasteiger partial charge in [-0.25, -0.2) is 0 Å². The van der Waals surface area contributed by atoms with Crippen molar-refractivity contribution < 1.29 is 22.5 Å². The second-order valence-corrected chi connectivity index (χ2v) is 7.10. The number of hydrogen-bond acceptors (Lipinski definition) is 6. The second-order valence-electron chi connectivity index (χ2n) is 5.46. The van der Waals surface area contributed by atoms with Crippen LogP contribution in [0.4, 0.5) is 0 Å². The van der Waals surface area contributed by atoms with E-state index < -0.39 is 22.1 Å². The van der Waals surface area contributed by atoms with Gasteiger partial charge in [-0.2, -0.15) is 8.42 Å². The molecule has 21 heavy (non-hydrogen) atoms. The van der Waals surface area contributed by atoms with Crippen LogP contribution < -0.4 is 0 Å². The molecular formula is C14H19NO5S. The van der Waals surface area contributed by atoms with E-state index in [4.69, 9.17) is 4.18 Å². The molecule has 1 aromatic rings. The van der Waals surface area contributed by atoms with Gasteiger partial charge in [-0.3, -0.25) is 13.9 Å². The average molecular weight is 313 g/mol. The van der Waals surface area contributed by atoms with Gasteiger partial charge in [0.05, 0.1) is 31.4 Å². The SMILES string of the molecule is CS(=O)(=O)OCC1(CO)CN(Cc2ccccc2)CC1=O. The standard InChI is InChI=1S/C14H19NO5S/c1-21(18,19)20-11-14(10-16)9-15(8-13(14)17)7-12-5-3-2-4-6-12/h2-6,16H,7-11H2,1H3. The molecular weight excluding hydrogens is 294 g/mol. The summed E-state index contributed by atoms with van der Waals surface area (Å²) >= 11 is 0. The van der Waals surface area contributed by atoms with Gasteiger partial charge in [0.2, 0.25) is 0 Å². The summed E-state index contributed by atoms with van der Waals surface area (Å²) in [5, 5.41) is 9.55. The molecule has 0 amide bonds. The van der Waals surface area contributed by atoms with Crippen molar-refractivity contribution in [3.8, 4) is 0 Å². The first kappa shape index (κ1) is 16.1. The Morgan fingerprint density at radius 2 is 2.00 bits per heavy atom. The Balaban J connectivity index is 2.06. The van der Waals surface area contributed by atoms with Crippen molar-refractivity contribution in [3.05, 3.63) is 35.9 Å². The maximum Gasteiger partial charge on any atom is 0.264 e. The van der Waals surface area contributed by atoms with Crippen LogP contribution >= 0.6 is 0 Å². The molecule has 0 saturated carbocycles. The largest absolute Gasteiger partial charge is 0.395 e. The number of aliphatic hydroxyl groups is 1. The van der Waals surface area contributed by atoms with Crippen molar-refractivity contribution in [2.75, 3.05) is 32.6 Å². The van der Waals surface area contributed by atoms with Crippen LogP contribution in [0.1, 0.15) is 5.56 Å². The molecule has 0 bridgehead atoms. The van der Waals surface area contributed by atoms with E-state index in [0.717, 1.165) is 11.8 Å². The molecule has 0 spiro atoms. The molecule has 1 unspecified atom stereocenters. The normalized spacial score (nSPS) is 23.6. The summed E-state index contributed by atoms with van der Waals surface area (Å²) in [6.07, 6.45) is 0.930. The van der Waals surface area contributed by atoms with Crippen LogP contribution in [0.5, 0.6) is 0 Å². The molecule has 1 aromatic carbocycles. The number of nitrogens with zero attached hydrogens (tertiary/aromatic N) is 1. The monoisotopic (exact) mass is 313 g/mol. The highest BCUT2D eigenvalue weighted by Crippen LogP contribution is 2.29. The van der Waals surface area contributed by atoms with E-state index in [2.05, 4.69) is 0 Å². The highest BCUT2D eigenvalue weighted by atomic mass is 32.2. The Labute approximate surface area is 124 Å². The summed E-state index contributed by atoms with van der Waals surface area (Å²) in [4.78, 5) is 14.1. The first-order chi connectivity index (χ1) is 9.85. The van der Waals surface area contributed by atoms with Crippen LogP contribution in [0, 0.1) is 5.41 Å². The molecule has 0 aromatic heterocycles. The number of rotatable bonds is 6. The van der Waals surface area contributed by atoms with E-state index in [0.29, 0.717) is 6.54 Å². The lowest BCUT2D eigenvalue weighted by atomic mass is 9.88. The van der Waals surface area contributed by atoms with Crippen LogP contribution in [-0.2, 0) is 25.6 Å². The predicted molar refractivity (Wildman–Crippen MR) is 77.0 cm³/mol. The zero-order chi connectivity index (χ0) is 15.5. The van der Waals surface area contributed by atoms with Crippen LogP contribution in [0.2, 0.25) is 0 Å². The topological polar surface area (TPSA) is 83.9 Å². The molecule has 7 heteroatoms. The van der Waals surface area contributed by atoms with Gasteiger partial charge in [0.15, 0.2) is 5.78 Å². The van der Waals surface area contributed by atoms with Gasteiger partial charge in [0.1, 0.15) is 0 Å². The van der Waals surface area contributed by atoms with E-state index >= 15 is 0 Å². The van der Waals surface area contributed by atoms with Crippen molar-refractivity contribution in [3.63, 3.8) is 0 Å². The third kappa shape index (κ3) is 4.10. The predicted octanol–water partition coefficient (Wildman–Crippen LogP) is 0.0262. The lowest BCUT2D eigenvalue weighted by Crippen LogP contribution is -2.40. The maximum atomic E-state index is 12.2. The minimum Gasteiger partial charge on any atom is -0.395 e. The summed E-state index contributed by atoms with van der Waals surface area (Å²) in [5.41, 5.74) is -0.0965. The highest BCUT2D eigenvalue weighted by molar-refractivity contribution is 7.85. The summed E-state index contributed by atoms with van der Waals surface area (Å²) in [6, 6.07) is 9.65. The van der Waals surface area contributed by atoms with E-state index in [1.165, 1.54) is 0 Å². The minimum absolute atomic E-state index is 0.183. The molecule has 1 saturated heterocycles. The third-order valence-electron chi connectivity index (χ3n) is 3.59. The number of benzene rings is 1. The van der Waals surface area contributed by atoms with Gasteiger partial charge >= 0.3 is 0 Å². The van der Waals surface area contributed by atoms with Crippen molar-refractivity contribution in [2.45, 2.75) is 6.54 Å². The van der Waals surface area contributed by atoms with E-state index in [1.54, 1.807) is 0 Å². The zero-order valence-electron chi connectivity index (χ0n) is 11.9. The average Bonchev–Trinajstić information content (AvgIpc) is 2.73. The summed E-state index contributed by atoms with van der Waals surface area (Å²) < 4.78 is 26.9. The molecule has 0 radical (unpaired) electrons. The van der Waals surface area contributed by atoms with Gasteiger partial charge in [0.25, 0.3) is 10.1 Å². The van der Waals surface area contributed by atoms with Crippen molar-refractivity contribution >= 4 is 15.9 Å². The summed E-state index contributed by atoms with van der Waals surface area (Å²) in [7, 11) is -3.64. The molecule has 1 fully saturated rings. The second kappa shape index (κ2) is 6.23. The molecule has 0 aliphatic carbocycles. The zero-order valence-corrected chi connectivity index (χ0v) is 12.7. The molecule has 1 N–H and O–H groups in total. The first-order valence-corrected chi connectivity index (χ1v) is 8.41. The van der Waals surface area contributed by atoms with Crippen LogP contribution in [-0.4, -0.2) is 56.8 Å². The first-order valence-electron chi connectivity index (χ1n) is 6.59. The molecule has 1 atom stereocenters. The van der Waals surface area contributed by atoms with Gasteiger partial charge in [-0.05, 0) is 5.56 Å². The minimum atomic E-state index is -3.64. The molecule has 1 aliphatic rings. The van der Waals surface area contributed by atoms with Crippen molar-refractivity contribution in [2.24, 2.45) is 5.41 Å². The molecule has 116 valence electrons. The summed E-state index contributed by atoms with van der Waals surface area (Å²) in [6.45, 7) is 0.307. The number of aliphatic hydroxyl groups excluding tert-OH is 1. The number of likely N-dealkylation sites (tertiary alicyclic amines) is 1. The fraction of sp³-hybridized carbons (Fsp3) is 0.500. The van der Waals surface area contributed by atoms with Gasteiger partial charge in [-0.15, -0.1) is 0 Å². The third-order valence-corrected chi connectivity index (χ3v) is 4.13. The fourth-order valence-corrected chi connectivity index (χ4v) is 2.87. The number of carbonyl (C=O) groups excluding carboxylic acids is 1. The number of hydrogen-bond donors (Lipinski definition) is 1. The van der Waals surface area contributed by atoms with E-state index in [9.17, 15) is 18.3 Å². The molecule has 1 heterocycles. The van der Waals surface area contributed by atoms with Gasteiger partial charge in [0, 0.05) is 13.1 Å². The Bertz CT molecular complexity index is 601. The number of ketones is 1. The van der Waals surface area contributed by atoms with E-state index in [1.807, 2.05) is 35.2 Å². The smallest absolute Gasteiger partial charge is 0.264 e. The maximum absolute atomic E-state index is 12.2. The van der Waals surface area contributed by atoms with Crippen molar-refractivity contribution in [1.29, 1.82) is 0 Å². The molecule has 6 nitrogen and oxygen atoms in total. The van der Waals surface area contributed by atoms with Crippen LogP contribution in [0.25, 0.3) is 0 Å². The lowest BCUT2D eigenvalue weighted by Gasteiger charge is -2.24. The number of carbonyl (C=O) groups is 1. The Morgan fingerprint density at radius 1 is 1.33 bits per heavy atom. The van der Waals surface area contributed by atoms with E-state index in [-0.39, 0.29) is 25.5 Å². The Morgan fingerprint density at radius 3 is 2.57 bits per heavy atom. The van der Waals surface area contributed by atoms with Gasteiger partial charge < -0.3 is 5.11 Å². The van der Waals surface area contributed by atoms with Crippen LogP contribution in [0.3, 0.4) is 0 Å². The number of Topliss-reactive ketones (excluding diaryl/α,β-unsaturated/α-hetero) is 1. The molecule has 1 aliphatic heterocycles. The van der Waals surface area contributed by atoms with Crippen LogP contribution in [0.15, 0.2) is 30.3 Å². The Hall–Kier alpha value is -1.28. The fourth-order valence-electron chi connectivity index (χ4n) is 2.43. The van der Waals surface area contributed by atoms with Crippen molar-refractivity contribution in [1.82, 2.24) is 4.90 Å². The molecule has 2 rings (SSSR count). The lowest BCUT2D eigenvalue weighted by molar-refractivity contribution is -0.127. The summed E-state index contributed by atoms with van der Waals surface area (Å²) in [5.74, 6) is -0.190.